The average molecular weight is 238 g/mol. The molecule has 0 aromatic carbocycles. The van der Waals surface area contributed by atoms with Crippen LogP contribution in [-0.2, 0) is 13.1 Å². The molecular weight excluding hydrogens is 212 g/mol. The standard InChI is InChI=1S/C13H26N4/c1-5-12(6-2)9-17-13(15-10-16-17)8-14-7-11(3)4/h10-12,14H,5-9H2,1-4H3. The highest BCUT2D eigenvalue weighted by molar-refractivity contribution is 4.84. The van der Waals surface area contributed by atoms with Crippen molar-refractivity contribution in [3.05, 3.63) is 12.2 Å². The van der Waals surface area contributed by atoms with Crippen LogP contribution in [0.15, 0.2) is 6.33 Å². The van der Waals surface area contributed by atoms with Crippen LogP contribution in [0.4, 0.5) is 0 Å². The van der Waals surface area contributed by atoms with Gasteiger partial charge in [0.15, 0.2) is 0 Å². The van der Waals surface area contributed by atoms with Gasteiger partial charge in [-0.1, -0.05) is 40.5 Å². The molecule has 0 bridgehead atoms. The van der Waals surface area contributed by atoms with E-state index in [4.69, 9.17) is 0 Å². The molecule has 0 amide bonds. The van der Waals surface area contributed by atoms with Gasteiger partial charge in [-0.2, -0.15) is 5.10 Å². The van der Waals surface area contributed by atoms with Gasteiger partial charge in [0, 0.05) is 6.54 Å². The number of aromatic nitrogens is 3. The van der Waals surface area contributed by atoms with E-state index in [1.54, 1.807) is 6.33 Å². The van der Waals surface area contributed by atoms with E-state index in [9.17, 15) is 0 Å². The van der Waals surface area contributed by atoms with Crippen molar-refractivity contribution in [2.75, 3.05) is 6.54 Å². The van der Waals surface area contributed by atoms with Gasteiger partial charge >= 0.3 is 0 Å². The molecule has 4 heteroatoms. The molecule has 0 radical (unpaired) electrons. The first-order valence-corrected chi connectivity index (χ1v) is 6.74. The van der Waals surface area contributed by atoms with Gasteiger partial charge in [0.2, 0.25) is 0 Å². The van der Waals surface area contributed by atoms with Crippen molar-refractivity contribution in [2.24, 2.45) is 11.8 Å². The fourth-order valence-corrected chi connectivity index (χ4v) is 1.84. The predicted octanol–water partition coefficient (Wildman–Crippen LogP) is 2.46. The smallest absolute Gasteiger partial charge is 0.140 e. The van der Waals surface area contributed by atoms with Crippen molar-refractivity contribution < 1.29 is 0 Å². The predicted molar refractivity (Wildman–Crippen MR) is 70.6 cm³/mol. The highest BCUT2D eigenvalue weighted by Gasteiger charge is 2.09. The SMILES string of the molecule is CCC(CC)Cn1ncnc1CNCC(C)C. The van der Waals surface area contributed by atoms with Crippen molar-refractivity contribution in [2.45, 2.75) is 53.6 Å². The molecule has 1 N–H and O–H groups in total. The van der Waals surface area contributed by atoms with Crippen LogP contribution in [0.2, 0.25) is 0 Å². The highest BCUT2D eigenvalue weighted by atomic mass is 15.3. The maximum absolute atomic E-state index is 4.32. The lowest BCUT2D eigenvalue weighted by molar-refractivity contribution is 0.382. The van der Waals surface area contributed by atoms with E-state index >= 15 is 0 Å². The van der Waals surface area contributed by atoms with Crippen LogP contribution in [0.1, 0.15) is 46.4 Å². The first-order valence-electron chi connectivity index (χ1n) is 6.74. The number of hydrogen-bond acceptors (Lipinski definition) is 3. The Morgan fingerprint density at radius 2 is 2.00 bits per heavy atom. The molecule has 98 valence electrons. The topological polar surface area (TPSA) is 42.7 Å². The molecule has 17 heavy (non-hydrogen) atoms. The zero-order valence-corrected chi connectivity index (χ0v) is 11.6. The van der Waals surface area contributed by atoms with Crippen molar-refractivity contribution in [3.8, 4) is 0 Å². The van der Waals surface area contributed by atoms with Crippen LogP contribution in [0.5, 0.6) is 0 Å². The molecule has 0 saturated heterocycles. The second-order valence-electron chi connectivity index (χ2n) is 5.07. The van der Waals surface area contributed by atoms with E-state index in [1.807, 2.05) is 4.68 Å². The van der Waals surface area contributed by atoms with E-state index in [2.05, 4.69) is 43.1 Å². The molecule has 1 heterocycles. The van der Waals surface area contributed by atoms with Crippen LogP contribution in [0.3, 0.4) is 0 Å². The lowest BCUT2D eigenvalue weighted by Crippen LogP contribution is -2.23. The van der Waals surface area contributed by atoms with Gasteiger partial charge in [0.1, 0.15) is 12.2 Å². The molecular formula is C13H26N4. The Hall–Kier alpha value is -0.900. The summed E-state index contributed by atoms with van der Waals surface area (Å²) >= 11 is 0. The molecule has 0 aliphatic carbocycles. The van der Waals surface area contributed by atoms with Gasteiger partial charge in [-0.25, -0.2) is 9.67 Å². The molecule has 0 spiro atoms. The number of nitrogens with one attached hydrogen (secondary N) is 1. The fourth-order valence-electron chi connectivity index (χ4n) is 1.84. The van der Waals surface area contributed by atoms with Crippen LogP contribution >= 0.6 is 0 Å². The van der Waals surface area contributed by atoms with E-state index in [-0.39, 0.29) is 0 Å². The molecule has 0 saturated carbocycles. The Balaban J connectivity index is 2.47. The van der Waals surface area contributed by atoms with Crippen molar-refractivity contribution in [1.29, 1.82) is 0 Å². The van der Waals surface area contributed by atoms with Crippen molar-refractivity contribution in [1.82, 2.24) is 20.1 Å². The van der Waals surface area contributed by atoms with E-state index in [0.717, 1.165) is 25.5 Å². The van der Waals surface area contributed by atoms with Crippen LogP contribution in [0.25, 0.3) is 0 Å². The summed E-state index contributed by atoms with van der Waals surface area (Å²) in [7, 11) is 0. The third-order valence-electron chi connectivity index (χ3n) is 3.12. The largest absolute Gasteiger partial charge is 0.310 e. The highest BCUT2D eigenvalue weighted by Crippen LogP contribution is 2.10. The van der Waals surface area contributed by atoms with E-state index < -0.39 is 0 Å². The van der Waals surface area contributed by atoms with Crippen LogP contribution in [0, 0.1) is 11.8 Å². The van der Waals surface area contributed by atoms with E-state index in [0.29, 0.717) is 11.8 Å². The van der Waals surface area contributed by atoms with Gasteiger partial charge in [-0.3, -0.25) is 0 Å². The first-order chi connectivity index (χ1) is 8.17. The monoisotopic (exact) mass is 238 g/mol. The minimum atomic E-state index is 0.672. The molecule has 1 rings (SSSR count). The van der Waals surface area contributed by atoms with Crippen molar-refractivity contribution in [3.63, 3.8) is 0 Å². The van der Waals surface area contributed by atoms with Gasteiger partial charge in [-0.05, 0) is 18.4 Å². The lowest BCUT2D eigenvalue weighted by atomic mass is 10.0. The number of rotatable bonds is 8. The Morgan fingerprint density at radius 3 is 2.59 bits per heavy atom. The summed E-state index contributed by atoms with van der Waals surface area (Å²) in [5.74, 6) is 2.43. The molecule has 0 atom stereocenters. The zero-order chi connectivity index (χ0) is 12.7. The average Bonchev–Trinajstić information content (AvgIpc) is 2.73. The zero-order valence-electron chi connectivity index (χ0n) is 11.6. The van der Waals surface area contributed by atoms with Gasteiger partial charge in [-0.15, -0.1) is 0 Å². The Kier molecular flexibility index (Phi) is 6.19. The maximum atomic E-state index is 4.32. The molecule has 0 aliphatic rings. The normalized spacial score (nSPS) is 11.6. The van der Waals surface area contributed by atoms with Crippen LogP contribution < -0.4 is 5.32 Å². The van der Waals surface area contributed by atoms with Gasteiger partial charge < -0.3 is 5.32 Å². The third kappa shape index (κ3) is 4.86. The number of nitrogens with zero attached hydrogens (tertiary/aromatic N) is 3. The summed E-state index contributed by atoms with van der Waals surface area (Å²) in [6.45, 7) is 11.7. The summed E-state index contributed by atoms with van der Waals surface area (Å²) in [4.78, 5) is 4.32. The fraction of sp³-hybridized carbons (Fsp3) is 0.846. The molecule has 0 fully saturated rings. The first kappa shape index (κ1) is 14.2. The third-order valence-corrected chi connectivity index (χ3v) is 3.12. The summed E-state index contributed by atoms with van der Waals surface area (Å²) in [5, 5.41) is 7.73. The lowest BCUT2D eigenvalue weighted by Gasteiger charge is -2.14. The summed E-state index contributed by atoms with van der Waals surface area (Å²) in [6.07, 6.45) is 4.07. The molecule has 1 aromatic heterocycles. The molecule has 0 unspecified atom stereocenters. The summed E-state index contributed by atoms with van der Waals surface area (Å²) in [5.41, 5.74) is 0. The summed E-state index contributed by atoms with van der Waals surface area (Å²) in [6, 6.07) is 0. The molecule has 0 aliphatic heterocycles. The number of hydrogen-bond donors (Lipinski definition) is 1. The molecule has 1 aromatic rings. The Morgan fingerprint density at radius 1 is 1.29 bits per heavy atom. The van der Waals surface area contributed by atoms with Gasteiger partial charge in [0.25, 0.3) is 0 Å². The molecule has 4 nitrogen and oxygen atoms in total. The van der Waals surface area contributed by atoms with Crippen molar-refractivity contribution >= 4 is 0 Å². The summed E-state index contributed by atoms with van der Waals surface area (Å²) < 4.78 is 2.05. The van der Waals surface area contributed by atoms with E-state index in [1.165, 1.54) is 12.8 Å². The Bertz CT molecular complexity index is 302. The second kappa shape index (κ2) is 7.43. The van der Waals surface area contributed by atoms with Crippen LogP contribution in [-0.4, -0.2) is 21.3 Å². The quantitative estimate of drug-likeness (QED) is 0.756. The minimum Gasteiger partial charge on any atom is -0.310 e. The maximum Gasteiger partial charge on any atom is 0.140 e. The Labute approximate surface area is 105 Å². The van der Waals surface area contributed by atoms with Gasteiger partial charge in [0.05, 0.1) is 6.54 Å². The minimum absolute atomic E-state index is 0.672. The second-order valence-corrected chi connectivity index (χ2v) is 5.07.